The Labute approximate surface area is 211 Å². The van der Waals surface area contributed by atoms with Crippen molar-refractivity contribution in [3.63, 3.8) is 0 Å². The monoisotopic (exact) mass is 518 g/mol. The summed E-state index contributed by atoms with van der Waals surface area (Å²) >= 11 is -3.93. The molecular weight excluding hydrogens is 464 g/mol. The van der Waals surface area contributed by atoms with Crippen molar-refractivity contribution in [3.05, 3.63) is 0 Å². The van der Waals surface area contributed by atoms with E-state index >= 15 is 0 Å². The third kappa shape index (κ3) is 9.30. The second-order valence-corrected chi connectivity index (χ2v) is 18.9. The summed E-state index contributed by atoms with van der Waals surface area (Å²) in [7, 11) is -1.98. The Morgan fingerprint density at radius 2 is 0.818 bits per heavy atom. The molecule has 0 spiro atoms. The fourth-order valence-electron chi connectivity index (χ4n) is 6.48. The maximum absolute atomic E-state index is 7.52. The molecule has 194 valence electrons. The summed E-state index contributed by atoms with van der Waals surface area (Å²) in [5.41, 5.74) is 0. The van der Waals surface area contributed by atoms with E-state index in [1.165, 1.54) is 95.2 Å². The van der Waals surface area contributed by atoms with Crippen LogP contribution in [0.4, 0.5) is 0 Å². The van der Waals surface area contributed by atoms with Crippen molar-refractivity contribution in [2.45, 2.75) is 173 Å². The zero-order valence-electron chi connectivity index (χ0n) is 22.2. The van der Waals surface area contributed by atoms with Gasteiger partial charge in [0.25, 0.3) is 0 Å². The van der Waals surface area contributed by atoms with Gasteiger partial charge in [0.05, 0.1) is 0 Å². The Morgan fingerprint density at radius 3 is 1.09 bits per heavy atom. The second kappa shape index (κ2) is 15.1. The Kier molecular flexibility index (Phi) is 13.0. The molecule has 0 aromatic heterocycles. The van der Waals surface area contributed by atoms with Crippen molar-refractivity contribution in [3.8, 4) is 0 Å². The third-order valence-electron chi connectivity index (χ3n) is 8.05. The molecule has 0 amide bonds. The fraction of sp³-hybridized carbons (Fsp3) is 1.00. The zero-order valence-corrected chi connectivity index (χ0v) is 24.8. The molecule has 3 aliphatic carbocycles. The van der Waals surface area contributed by atoms with Crippen molar-refractivity contribution >= 4 is 8.32 Å². The second-order valence-electron chi connectivity index (χ2n) is 11.2. The minimum atomic E-state index is -3.93. The van der Waals surface area contributed by atoms with Crippen LogP contribution >= 0.6 is 0 Å². The van der Waals surface area contributed by atoms with Gasteiger partial charge >= 0.3 is 212 Å². The molecule has 3 saturated carbocycles. The van der Waals surface area contributed by atoms with Gasteiger partial charge in [0.2, 0.25) is 0 Å². The molecule has 0 bridgehead atoms. The standard InChI is InChI=1S/C9H21OSi.3C6H11O.Ti/c1-4-7-11(10,8-5-2)9-6-3;3*7-6-4-2-1-3-5-6;/h4-9H2,1-3H3;3*6H,1-5H2;/q4*-1;+4. The summed E-state index contributed by atoms with van der Waals surface area (Å²) < 4.78 is 28.9. The summed E-state index contributed by atoms with van der Waals surface area (Å²) in [5.74, 6) is 0. The van der Waals surface area contributed by atoms with Crippen molar-refractivity contribution in [2.75, 3.05) is 0 Å². The predicted octanol–water partition coefficient (Wildman–Crippen LogP) is 9.04. The van der Waals surface area contributed by atoms with Crippen LogP contribution in [0.3, 0.4) is 0 Å². The van der Waals surface area contributed by atoms with Crippen LogP contribution in [0.2, 0.25) is 18.1 Å². The van der Waals surface area contributed by atoms with Gasteiger partial charge < -0.3 is 0 Å². The molecule has 0 N–H and O–H groups in total. The van der Waals surface area contributed by atoms with Crippen molar-refractivity contribution < 1.29 is 31.1 Å². The van der Waals surface area contributed by atoms with E-state index in [9.17, 15) is 0 Å². The number of hydrogen-bond donors (Lipinski definition) is 0. The van der Waals surface area contributed by atoms with E-state index in [-0.39, 0.29) is 18.3 Å². The first kappa shape index (κ1) is 28.3. The van der Waals surface area contributed by atoms with Gasteiger partial charge in [-0.25, -0.2) is 0 Å². The van der Waals surface area contributed by atoms with E-state index in [1.807, 2.05) is 0 Å². The van der Waals surface area contributed by atoms with Crippen LogP contribution < -0.4 is 0 Å². The van der Waals surface area contributed by atoms with Gasteiger partial charge in [-0.3, -0.25) is 0 Å². The molecule has 3 fully saturated rings. The molecule has 0 aromatic rings. The Hall–Kier alpha value is 0.771. The predicted molar refractivity (Wildman–Crippen MR) is 136 cm³/mol. The third-order valence-corrected chi connectivity index (χ3v) is 19.1. The fourth-order valence-corrected chi connectivity index (χ4v) is 18.8. The van der Waals surface area contributed by atoms with Crippen molar-refractivity contribution in [1.82, 2.24) is 0 Å². The molecule has 33 heavy (non-hydrogen) atoms. The van der Waals surface area contributed by atoms with Crippen LogP contribution in [-0.2, 0) is 31.1 Å². The van der Waals surface area contributed by atoms with Crippen LogP contribution in [0.5, 0.6) is 0 Å². The Morgan fingerprint density at radius 1 is 0.515 bits per heavy atom. The van der Waals surface area contributed by atoms with Gasteiger partial charge in [0, 0.05) is 0 Å². The first-order chi connectivity index (χ1) is 16.1. The molecule has 0 radical (unpaired) electrons. The van der Waals surface area contributed by atoms with E-state index in [1.54, 1.807) is 0 Å². The topological polar surface area (TPSA) is 36.9 Å². The number of rotatable bonds is 14. The van der Waals surface area contributed by atoms with Crippen LogP contribution in [0.15, 0.2) is 0 Å². The van der Waals surface area contributed by atoms with Gasteiger partial charge in [-0.15, -0.1) is 0 Å². The summed E-state index contributed by atoms with van der Waals surface area (Å²) in [4.78, 5) is 0. The van der Waals surface area contributed by atoms with Gasteiger partial charge in [-0.1, -0.05) is 0 Å². The van der Waals surface area contributed by atoms with E-state index in [0.29, 0.717) is 0 Å². The molecule has 3 rings (SSSR count). The Bertz CT molecular complexity index is 449. The first-order valence-electron chi connectivity index (χ1n) is 14.9. The van der Waals surface area contributed by atoms with E-state index < -0.39 is 26.5 Å². The number of hydrogen-bond acceptors (Lipinski definition) is 4. The normalized spacial score (nSPS) is 22.6. The molecular formula is C27H54O4SiTi. The average molecular weight is 519 g/mol. The Balaban J connectivity index is 1.91. The van der Waals surface area contributed by atoms with Crippen LogP contribution in [0, 0.1) is 0 Å². The molecule has 0 heterocycles. The van der Waals surface area contributed by atoms with E-state index in [4.69, 9.17) is 13.0 Å². The maximum atomic E-state index is 7.52. The molecule has 4 nitrogen and oxygen atoms in total. The molecule has 0 aromatic carbocycles. The zero-order chi connectivity index (χ0) is 23.4. The van der Waals surface area contributed by atoms with Gasteiger partial charge in [-0.2, -0.15) is 0 Å². The van der Waals surface area contributed by atoms with Crippen molar-refractivity contribution in [2.24, 2.45) is 0 Å². The van der Waals surface area contributed by atoms with Gasteiger partial charge in [-0.05, 0) is 0 Å². The first-order valence-corrected chi connectivity index (χ1v) is 19.9. The molecule has 6 heteroatoms. The van der Waals surface area contributed by atoms with Crippen molar-refractivity contribution in [1.29, 1.82) is 0 Å². The van der Waals surface area contributed by atoms with Crippen LogP contribution in [0.1, 0.15) is 136 Å². The molecule has 0 aliphatic heterocycles. The quantitative estimate of drug-likeness (QED) is 0.215. The van der Waals surface area contributed by atoms with E-state index in [2.05, 4.69) is 20.8 Å². The van der Waals surface area contributed by atoms with E-state index in [0.717, 1.165) is 38.5 Å². The van der Waals surface area contributed by atoms with Gasteiger partial charge in [0.15, 0.2) is 0 Å². The molecule has 0 unspecified atom stereocenters. The molecule has 3 aliphatic rings. The summed E-state index contributed by atoms with van der Waals surface area (Å²) in [6, 6.07) is 3.66. The summed E-state index contributed by atoms with van der Waals surface area (Å²) in [6.45, 7) is 6.99. The van der Waals surface area contributed by atoms with Crippen LogP contribution in [0.25, 0.3) is 0 Å². The average Bonchev–Trinajstić information content (AvgIpc) is 2.81. The van der Waals surface area contributed by atoms with Crippen LogP contribution in [-0.4, -0.2) is 26.6 Å². The van der Waals surface area contributed by atoms with Gasteiger partial charge in [0.1, 0.15) is 0 Å². The SMILES string of the molecule is CCC[Si](CCC)(CCC)[O][Ti]([O]C1CCCCC1)([O]C1CCCCC1)[O]C1CCCCC1. The summed E-state index contributed by atoms with van der Waals surface area (Å²) in [6.07, 6.45) is 23.0. The molecule has 0 atom stereocenters. The summed E-state index contributed by atoms with van der Waals surface area (Å²) in [5, 5.41) is 0. The molecule has 0 saturated heterocycles. The minimum absolute atomic E-state index is 0.280.